The molecule has 1 N–H and O–H groups in total. The van der Waals surface area contributed by atoms with Crippen molar-refractivity contribution in [2.75, 3.05) is 19.7 Å². The molecule has 2 aromatic rings. The van der Waals surface area contributed by atoms with Crippen LogP contribution in [0.2, 0.25) is 0 Å². The lowest BCUT2D eigenvalue weighted by atomic mass is 9.97. The summed E-state index contributed by atoms with van der Waals surface area (Å²) in [5, 5.41) is 13.6. The van der Waals surface area contributed by atoms with Crippen LogP contribution in [-0.4, -0.2) is 24.7 Å². The van der Waals surface area contributed by atoms with Crippen molar-refractivity contribution in [3.8, 4) is 11.9 Å². The van der Waals surface area contributed by atoms with Gasteiger partial charge in [0.25, 0.3) is 0 Å². The molecule has 4 nitrogen and oxygen atoms in total. The summed E-state index contributed by atoms with van der Waals surface area (Å²) in [4.78, 5) is 4.47. The molecule has 1 aliphatic rings. The Morgan fingerprint density at radius 1 is 1.38 bits per heavy atom. The molecular formula is C17H19N3O. The SMILES string of the molecule is N#Cc1cc2ccccc2nc1OCCC1CCCNC1. The summed E-state index contributed by atoms with van der Waals surface area (Å²) >= 11 is 0. The molecule has 3 rings (SSSR count). The van der Waals surface area contributed by atoms with Crippen molar-refractivity contribution in [2.24, 2.45) is 5.92 Å². The zero-order valence-electron chi connectivity index (χ0n) is 12.0. The van der Waals surface area contributed by atoms with Crippen LogP contribution in [0.1, 0.15) is 24.8 Å². The Hall–Kier alpha value is -2.12. The lowest BCUT2D eigenvalue weighted by molar-refractivity contribution is 0.247. The number of benzene rings is 1. The van der Waals surface area contributed by atoms with E-state index < -0.39 is 0 Å². The second-order valence-corrected chi connectivity index (χ2v) is 5.50. The number of nitriles is 1. The molecule has 1 aliphatic heterocycles. The minimum absolute atomic E-state index is 0.458. The molecule has 4 heteroatoms. The van der Waals surface area contributed by atoms with E-state index >= 15 is 0 Å². The van der Waals surface area contributed by atoms with E-state index in [4.69, 9.17) is 4.74 Å². The van der Waals surface area contributed by atoms with E-state index in [0.717, 1.165) is 30.4 Å². The molecule has 0 radical (unpaired) electrons. The molecule has 1 atom stereocenters. The van der Waals surface area contributed by atoms with Crippen molar-refractivity contribution >= 4 is 10.9 Å². The van der Waals surface area contributed by atoms with E-state index in [1.807, 2.05) is 30.3 Å². The fourth-order valence-electron chi connectivity index (χ4n) is 2.78. The molecule has 21 heavy (non-hydrogen) atoms. The predicted octanol–water partition coefficient (Wildman–Crippen LogP) is 2.87. The summed E-state index contributed by atoms with van der Waals surface area (Å²) in [6, 6.07) is 11.8. The molecule has 0 spiro atoms. The maximum Gasteiger partial charge on any atom is 0.232 e. The number of pyridine rings is 1. The van der Waals surface area contributed by atoms with Crippen LogP contribution in [0.4, 0.5) is 0 Å². The Morgan fingerprint density at radius 3 is 3.10 bits per heavy atom. The van der Waals surface area contributed by atoms with E-state index in [1.54, 1.807) is 0 Å². The van der Waals surface area contributed by atoms with Crippen LogP contribution in [0.25, 0.3) is 10.9 Å². The highest BCUT2D eigenvalue weighted by Gasteiger charge is 2.14. The molecule has 2 heterocycles. The first-order chi connectivity index (χ1) is 10.4. The van der Waals surface area contributed by atoms with E-state index in [1.165, 1.54) is 12.8 Å². The zero-order chi connectivity index (χ0) is 14.5. The number of ether oxygens (including phenoxy) is 1. The monoisotopic (exact) mass is 281 g/mol. The van der Waals surface area contributed by atoms with Gasteiger partial charge >= 0.3 is 0 Å². The minimum atomic E-state index is 0.458. The first kappa shape index (κ1) is 13.8. The molecule has 0 amide bonds. The number of nitrogens with zero attached hydrogens (tertiary/aromatic N) is 2. The molecular weight excluding hydrogens is 262 g/mol. The van der Waals surface area contributed by atoms with Gasteiger partial charge in [0.1, 0.15) is 11.6 Å². The third-order valence-corrected chi connectivity index (χ3v) is 3.97. The number of para-hydroxylation sites is 1. The van der Waals surface area contributed by atoms with Crippen molar-refractivity contribution in [2.45, 2.75) is 19.3 Å². The quantitative estimate of drug-likeness (QED) is 0.936. The highest BCUT2D eigenvalue weighted by molar-refractivity contribution is 5.80. The van der Waals surface area contributed by atoms with Crippen LogP contribution in [0.3, 0.4) is 0 Å². The van der Waals surface area contributed by atoms with Crippen molar-refractivity contribution < 1.29 is 4.74 Å². The van der Waals surface area contributed by atoms with Crippen molar-refractivity contribution in [3.05, 3.63) is 35.9 Å². The molecule has 1 saturated heterocycles. The number of aromatic nitrogens is 1. The van der Waals surface area contributed by atoms with Gasteiger partial charge in [-0.1, -0.05) is 18.2 Å². The number of hydrogen-bond acceptors (Lipinski definition) is 4. The van der Waals surface area contributed by atoms with Gasteiger partial charge in [0, 0.05) is 5.39 Å². The predicted molar refractivity (Wildman–Crippen MR) is 82.2 cm³/mol. The molecule has 1 unspecified atom stereocenters. The first-order valence-electron chi connectivity index (χ1n) is 7.50. The first-order valence-corrected chi connectivity index (χ1v) is 7.50. The second kappa shape index (κ2) is 6.55. The second-order valence-electron chi connectivity index (χ2n) is 5.50. The van der Waals surface area contributed by atoms with Gasteiger partial charge in [-0.15, -0.1) is 0 Å². The van der Waals surface area contributed by atoms with Gasteiger partial charge in [-0.2, -0.15) is 5.26 Å². The third kappa shape index (κ3) is 3.32. The third-order valence-electron chi connectivity index (χ3n) is 3.97. The Labute approximate surface area is 124 Å². The fourth-order valence-corrected chi connectivity index (χ4v) is 2.78. The molecule has 1 aromatic heterocycles. The molecule has 0 saturated carbocycles. The van der Waals surface area contributed by atoms with Crippen LogP contribution in [0.15, 0.2) is 30.3 Å². The number of nitrogens with one attached hydrogen (secondary N) is 1. The van der Waals surface area contributed by atoms with Gasteiger partial charge in [0.05, 0.1) is 12.1 Å². The Bertz CT molecular complexity index is 657. The van der Waals surface area contributed by atoms with E-state index in [9.17, 15) is 5.26 Å². The highest BCUT2D eigenvalue weighted by atomic mass is 16.5. The van der Waals surface area contributed by atoms with Crippen LogP contribution in [0.5, 0.6) is 5.88 Å². The van der Waals surface area contributed by atoms with E-state index in [-0.39, 0.29) is 0 Å². The number of fused-ring (bicyclic) bond motifs is 1. The molecule has 1 aromatic carbocycles. The average molecular weight is 281 g/mol. The normalized spacial score (nSPS) is 18.3. The zero-order valence-corrected chi connectivity index (χ0v) is 12.0. The summed E-state index contributed by atoms with van der Waals surface area (Å²) in [6.45, 7) is 2.81. The highest BCUT2D eigenvalue weighted by Crippen LogP contribution is 2.22. The summed E-state index contributed by atoms with van der Waals surface area (Å²) in [7, 11) is 0. The van der Waals surface area contributed by atoms with Crippen LogP contribution in [-0.2, 0) is 0 Å². The Balaban J connectivity index is 1.69. The number of hydrogen-bond donors (Lipinski definition) is 1. The van der Waals surface area contributed by atoms with Gasteiger partial charge in [-0.25, -0.2) is 4.98 Å². The maximum atomic E-state index is 9.25. The standard InChI is InChI=1S/C17H19N3O/c18-11-15-10-14-5-1-2-6-16(14)20-17(15)21-9-7-13-4-3-8-19-12-13/h1-2,5-6,10,13,19H,3-4,7-9,12H2. The minimum Gasteiger partial charge on any atom is -0.477 e. The molecule has 1 fully saturated rings. The Morgan fingerprint density at radius 2 is 2.29 bits per heavy atom. The van der Waals surface area contributed by atoms with Gasteiger partial charge in [0.15, 0.2) is 0 Å². The topological polar surface area (TPSA) is 57.9 Å². The molecule has 108 valence electrons. The largest absolute Gasteiger partial charge is 0.477 e. The van der Waals surface area contributed by atoms with Crippen molar-refractivity contribution in [1.82, 2.24) is 10.3 Å². The van der Waals surface area contributed by atoms with Gasteiger partial charge in [-0.05, 0) is 50.4 Å². The fraction of sp³-hybridized carbons (Fsp3) is 0.412. The lowest BCUT2D eigenvalue weighted by Gasteiger charge is -2.22. The Kier molecular flexibility index (Phi) is 4.32. The molecule has 0 bridgehead atoms. The van der Waals surface area contributed by atoms with Crippen molar-refractivity contribution in [1.29, 1.82) is 5.26 Å². The molecule has 0 aliphatic carbocycles. The summed E-state index contributed by atoms with van der Waals surface area (Å²) in [5.74, 6) is 1.13. The van der Waals surface area contributed by atoms with Crippen molar-refractivity contribution in [3.63, 3.8) is 0 Å². The van der Waals surface area contributed by atoms with Crippen LogP contribution < -0.4 is 10.1 Å². The summed E-state index contributed by atoms with van der Waals surface area (Å²) in [6.07, 6.45) is 3.50. The number of rotatable bonds is 4. The van der Waals surface area contributed by atoms with Crippen LogP contribution in [0, 0.1) is 17.2 Å². The van der Waals surface area contributed by atoms with Gasteiger partial charge in [0.2, 0.25) is 5.88 Å². The van der Waals surface area contributed by atoms with Gasteiger partial charge in [-0.3, -0.25) is 0 Å². The maximum absolute atomic E-state index is 9.25. The van der Waals surface area contributed by atoms with Crippen LogP contribution >= 0.6 is 0 Å². The van der Waals surface area contributed by atoms with Gasteiger partial charge < -0.3 is 10.1 Å². The lowest BCUT2D eigenvalue weighted by Crippen LogP contribution is -2.30. The average Bonchev–Trinajstić information content (AvgIpc) is 2.55. The summed E-state index contributed by atoms with van der Waals surface area (Å²) in [5.41, 5.74) is 1.38. The smallest absolute Gasteiger partial charge is 0.232 e. The van der Waals surface area contributed by atoms with E-state index in [0.29, 0.717) is 24.0 Å². The number of piperidine rings is 1. The summed E-state index contributed by atoms with van der Waals surface area (Å²) < 4.78 is 5.78. The van der Waals surface area contributed by atoms with E-state index in [2.05, 4.69) is 16.4 Å².